The van der Waals surface area contributed by atoms with Crippen molar-refractivity contribution in [2.24, 2.45) is 0 Å². The fourth-order valence-corrected chi connectivity index (χ4v) is 3.60. The van der Waals surface area contributed by atoms with Gasteiger partial charge in [-0.15, -0.1) is 10.2 Å². The van der Waals surface area contributed by atoms with E-state index in [4.69, 9.17) is 0 Å². The molecule has 0 bridgehead atoms. The van der Waals surface area contributed by atoms with Gasteiger partial charge in [0.2, 0.25) is 16.9 Å². The molecule has 0 unspecified atom stereocenters. The number of hydrogen-bond donors (Lipinski definition) is 1. The van der Waals surface area contributed by atoms with Crippen molar-refractivity contribution >= 4 is 23.4 Å². The average molecular weight is 404 g/mol. The van der Waals surface area contributed by atoms with Crippen LogP contribution in [0.25, 0.3) is 11.5 Å². The Kier molecular flexibility index (Phi) is 5.44. The molecule has 0 aliphatic rings. The summed E-state index contributed by atoms with van der Waals surface area (Å²) in [7, 11) is 0. The van der Waals surface area contributed by atoms with E-state index >= 15 is 0 Å². The maximum absolute atomic E-state index is 12.5. The van der Waals surface area contributed by atoms with E-state index in [1.807, 2.05) is 84.1 Å². The smallest absolute Gasteiger partial charge is 0.234 e. The molecular weight excluding hydrogens is 384 g/mol. The molecule has 0 saturated carbocycles. The number of rotatable bonds is 6. The number of nitrogens with zero attached hydrogens (tertiary/aromatic N) is 5. The Morgan fingerprint density at radius 3 is 2.66 bits per heavy atom. The summed E-state index contributed by atoms with van der Waals surface area (Å²) in [6.07, 6.45) is 5.51. The maximum atomic E-state index is 12.5. The van der Waals surface area contributed by atoms with Crippen LogP contribution in [0.2, 0.25) is 0 Å². The largest absolute Gasteiger partial charge is 0.325 e. The first-order valence-electron chi connectivity index (χ1n) is 9.12. The molecule has 8 heteroatoms. The van der Waals surface area contributed by atoms with Crippen molar-refractivity contribution < 1.29 is 4.79 Å². The number of hydrogen-bond acceptors (Lipinski definition) is 5. The van der Waals surface area contributed by atoms with Gasteiger partial charge in [0.05, 0.1) is 5.75 Å². The van der Waals surface area contributed by atoms with Crippen molar-refractivity contribution in [2.45, 2.75) is 19.0 Å². The Balaban J connectivity index is 1.55. The highest BCUT2D eigenvalue weighted by Gasteiger charge is 2.18. The topological polar surface area (TPSA) is 77.6 Å². The van der Waals surface area contributed by atoms with E-state index in [-0.39, 0.29) is 11.7 Å². The molecule has 0 radical (unpaired) electrons. The summed E-state index contributed by atoms with van der Waals surface area (Å²) in [4.78, 5) is 16.9. The lowest BCUT2D eigenvalue weighted by atomic mass is 10.1. The maximum Gasteiger partial charge on any atom is 0.234 e. The van der Waals surface area contributed by atoms with Crippen LogP contribution in [0.3, 0.4) is 0 Å². The van der Waals surface area contributed by atoms with Gasteiger partial charge in [0.25, 0.3) is 0 Å². The van der Waals surface area contributed by atoms with Crippen LogP contribution in [0.15, 0.2) is 72.3 Å². The summed E-state index contributed by atoms with van der Waals surface area (Å²) in [5.74, 6) is 0.735. The zero-order valence-corrected chi connectivity index (χ0v) is 16.9. The lowest BCUT2D eigenvalue weighted by Crippen LogP contribution is -2.16. The molecule has 1 N–H and O–H groups in total. The number of anilines is 1. The van der Waals surface area contributed by atoms with E-state index < -0.39 is 0 Å². The third-order valence-corrected chi connectivity index (χ3v) is 5.24. The number of pyridine rings is 1. The van der Waals surface area contributed by atoms with E-state index in [9.17, 15) is 4.79 Å². The lowest BCUT2D eigenvalue weighted by Gasteiger charge is -2.11. The van der Waals surface area contributed by atoms with Crippen molar-refractivity contribution in [1.29, 1.82) is 0 Å². The van der Waals surface area contributed by atoms with Crippen molar-refractivity contribution in [3.05, 3.63) is 78.2 Å². The second kappa shape index (κ2) is 8.32. The molecule has 0 spiro atoms. The number of benzene rings is 1. The van der Waals surface area contributed by atoms with Gasteiger partial charge < -0.3 is 5.32 Å². The molecule has 7 nitrogen and oxygen atoms in total. The number of amides is 1. The van der Waals surface area contributed by atoms with Crippen LogP contribution >= 0.6 is 11.8 Å². The summed E-state index contributed by atoms with van der Waals surface area (Å²) in [5, 5.41) is 12.2. The third kappa shape index (κ3) is 4.22. The van der Waals surface area contributed by atoms with Crippen LogP contribution in [-0.4, -0.2) is 36.2 Å². The molecule has 0 atom stereocenters. The fraction of sp³-hybridized carbons (Fsp3) is 0.143. The molecule has 29 heavy (non-hydrogen) atoms. The minimum absolute atomic E-state index is 0.0925. The molecule has 4 rings (SSSR count). The summed E-state index contributed by atoms with van der Waals surface area (Å²) in [6.45, 7) is 3.98. The predicted octanol–water partition coefficient (Wildman–Crippen LogP) is 3.80. The summed E-state index contributed by atoms with van der Waals surface area (Å²) < 4.78 is 3.72. The molecule has 0 aliphatic carbocycles. The number of aryl methyl sites for hydroxylation is 2. The van der Waals surface area contributed by atoms with Crippen molar-refractivity contribution in [3.8, 4) is 11.5 Å². The van der Waals surface area contributed by atoms with E-state index in [0.29, 0.717) is 16.7 Å². The van der Waals surface area contributed by atoms with Crippen molar-refractivity contribution in [3.63, 3.8) is 0 Å². The molecule has 1 amide bonds. The Bertz CT molecular complexity index is 1120. The van der Waals surface area contributed by atoms with Gasteiger partial charge in [-0.3, -0.25) is 14.5 Å². The van der Waals surface area contributed by atoms with Crippen LogP contribution in [0.1, 0.15) is 11.1 Å². The Morgan fingerprint density at radius 1 is 1.07 bits per heavy atom. The second-order valence-corrected chi connectivity index (χ2v) is 7.49. The van der Waals surface area contributed by atoms with Gasteiger partial charge in [-0.1, -0.05) is 30.0 Å². The van der Waals surface area contributed by atoms with E-state index in [0.717, 1.165) is 16.8 Å². The zero-order valence-electron chi connectivity index (χ0n) is 16.1. The standard InChI is InChI=1S/C21H20N6OS/c1-15-8-9-16(2)18(13-15)23-19(28)14-29-21-25-24-20(17-7-3-4-10-22-17)27(21)26-11-5-6-12-26/h3-13H,14H2,1-2H3,(H,23,28). The quantitative estimate of drug-likeness (QED) is 0.495. The summed E-state index contributed by atoms with van der Waals surface area (Å²) in [5.41, 5.74) is 3.67. The van der Waals surface area contributed by atoms with Gasteiger partial charge in [0.1, 0.15) is 5.69 Å². The van der Waals surface area contributed by atoms with Crippen LogP contribution in [0.5, 0.6) is 0 Å². The van der Waals surface area contributed by atoms with Crippen LogP contribution in [0.4, 0.5) is 5.69 Å². The third-order valence-electron chi connectivity index (χ3n) is 4.33. The SMILES string of the molecule is Cc1ccc(C)c(NC(=O)CSc2nnc(-c3ccccn3)n2-n2cccc2)c1. The molecule has 0 aliphatic heterocycles. The van der Waals surface area contributed by atoms with E-state index in [2.05, 4.69) is 20.5 Å². The van der Waals surface area contributed by atoms with Crippen molar-refractivity contribution in [1.82, 2.24) is 24.5 Å². The number of aromatic nitrogens is 5. The molecule has 0 fully saturated rings. The number of carbonyl (C=O) groups is 1. The van der Waals surface area contributed by atoms with Gasteiger partial charge >= 0.3 is 0 Å². The van der Waals surface area contributed by atoms with E-state index in [1.165, 1.54) is 11.8 Å². The normalized spacial score (nSPS) is 10.8. The molecule has 4 aromatic rings. The highest BCUT2D eigenvalue weighted by molar-refractivity contribution is 7.99. The zero-order chi connectivity index (χ0) is 20.2. The van der Waals surface area contributed by atoms with Crippen LogP contribution in [-0.2, 0) is 4.79 Å². The molecule has 1 aromatic carbocycles. The van der Waals surface area contributed by atoms with E-state index in [1.54, 1.807) is 6.20 Å². The van der Waals surface area contributed by atoms with Gasteiger partial charge in [0.15, 0.2) is 0 Å². The molecule has 146 valence electrons. The minimum Gasteiger partial charge on any atom is -0.325 e. The van der Waals surface area contributed by atoms with Gasteiger partial charge in [-0.25, -0.2) is 4.68 Å². The molecule has 0 saturated heterocycles. The first-order chi connectivity index (χ1) is 14.1. The molecule has 3 heterocycles. The average Bonchev–Trinajstić information content (AvgIpc) is 3.39. The first kappa shape index (κ1) is 18.9. The minimum atomic E-state index is -0.0925. The molecular formula is C21H20N6OS. The highest BCUT2D eigenvalue weighted by Crippen LogP contribution is 2.24. The second-order valence-electron chi connectivity index (χ2n) is 6.55. The lowest BCUT2D eigenvalue weighted by molar-refractivity contribution is -0.113. The number of thioether (sulfide) groups is 1. The predicted molar refractivity (Wildman–Crippen MR) is 114 cm³/mol. The fourth-order valence-electron chi connectivity index (χ4n) is 2.86. The Morgan fingerprint density at radius 2 is 1.90 bits per heavy atom. The molecule has 3 aromatic heterocycles. The van der Waals surface area contributed by atoms with Crippen LogP contribution in [0, 0.1) is 13.8 Å². The monoisotopic (exact) mass is 404 g/mol. The first-order valence-corrected chi connectivity index (χ1v) is 10.1. The number of carbonyl (C=O) groups excluding carboxylic acids is 1. The van der Waals surface area contributed by atoms with Crippen molar-refractivity contribution in [2.75, 3.05) is 11.1 Å². The van der Waals surface area contributed by atoms with Gasteiger partial charge in [-0.05, 0) is 55.3 Å². The van der Waals surface area contributed by atoms with Gasteiger partial charge in [-0.2, -0.15) is 0 Å². The highest BCUT2D eigenvalue weighted by atomic mass is 32.2. The van der Waals surface area contributed by atoms with Gasteiger partial charge in [0, 0.05) is 24.3 Å². The summed E-state index contributed by atoms with van der Waals surface area (Å²) >= 11 is 1.33. The Hall–Kier alpha value is -3.39. The summed E-state index contributed by atoms with van der Waals surface area (Å²) in [6, 6.07) is 15.5. The number of nitrogens with one attached hydrogen (secondary N) is 1. The van der Waals surface area contributed by atoms with Crippen LogP contribution < -0.4 is 5.32 Å². The Labute approximate surface area is 172 Å².